The van der Waals surface area contributed by atoms with Gasteiger partial charge in [0.2, 0.25) is 17.7 Å². The minimum Gasteiger partial charge on any atom is -0.376 e. The van der Waals surface area contributed by atoms with Crippen LogP contribution in [0.3, 0.4) is 0 Å². The molecule has 0 spiro atoms. The number of hydrogen-bond donors (Lipinski definition) is 2. The fourth-order valence-electron chi connectivity index (χ4n) is 4.94. The molecule has 8 nitrogen and oxygen atoms in total. The topological polar surface area (TPSA) is 101 Å². The number of carbonyl (C=O) groups is 3. The largest absolute Gasteiger partial charge is 0.376 e. The highest BCUT2D eigenvalue weighted by Gasteiger charge is 2.35. The lowest BCUT2D eigenvalue weighted by Crippen LogP contribution is -2.48. The van der Waals surface area contributed by atoms with E-state index in [4.69, 9.17) is 4.74 Å². The average molecular weight is 493 g/mol. The maximum atomic E-state index is 13.7. The Balaban J connectivity index is 1.53. The van der Waals surface area contributed by atoms with E-state index in [2.05, 4.69) is 15.6 Å². The van der Waals surface area contributed by atoms with Gasteiger partial charge >= 0.3 is 0 Å². The van der Waals surface area contributed by atoms with Crippen LogP contribution < -0.4 is 10.6 Å². The van der Waals surface area contributed by atoms with E-state index in [1.54, 1.807) is 29.3 Å². The van der Waals surface area contributed by atoms with Gasteiger partial charge in [-0.05, 0) is 50.3 Å². The van der Waals surface area contributed by atoms with E-state index in [9.17, 15) is 14.4 Å². The molecular weight excluding hydrogens is 456 g/mol. The molecule has 192 valence electrons. The number of benzene rings is 1. The summed E-state index contributed by atoms with van der Waals surface area (Å²) in [5, 5.41) is 5.91. The maximum absolute atomic E-state index is 13.7. The van der Waals surface area contributed by atoms with Gasteiger partial charge in [0.1, 0.15) is 11.9 Å². The summed E-state index contributed by atoms with van der Waals surface area (Å²) in [4.78, 5) is 45.5. The monoisotopic (exact) mass is 492 g/mol. The Morgan fingerprint density at radius 3 is 2.47 bits per heavy atom. The fraction of sp³-hybridized carbons (Fsp3) is 0.500. The number of carbonyl (C=O) groups excluding carboxylic acids is 3. The highest BCUT2D eigenvalue weighted by molar-refractivity contribution is 5.94. The van der Waals surface area contributed by atoms with Gasteiger partial charge in [0.15, 0.2) is 0 Å². The van der Waals surface area contributed by atoms with Crippen molar-refractivity contribution < 1.29 is 19.1 Å². The Labute approximate surface area is 212 Å². The van der Waals surface area contributed by atoms with Crippen molar-refractivity contribution in [3.05, 3.63) is 59.8 Å². The van der Waals surface area contributed by atoms with E-state index in [0.717, 1.165) is 49.7 Å². The Hall–Kier alpha value is -3.26. The SMILES string of the molecule is Cc1ccc([C@H](C(=O)NC2CCCC2)N(C[C@@H]2CCCO2)C(=O)CCC(=O)Nc2ccccn2)cc1. The van der Waals surface area contributed by atoms with E-state index < -0.39 is 6.04 Å². The zero-order valence-corrected chi connectivity index (χ0v) is 20.9. The Kier molecular flexibility index (Phi) is 9.06. The molecule has 2 heterocycles. The summed E-state index contributed by atoms with van der Waals surface area (Å²) in [6, 6.07) is 12.4. The van der Waals surface area contributed by atoms with Crippen LogP contribution in [-0.2, 0) is 19.1 Å². The number of hydrogen-bond acceptors (Lipinski definition) is 5. The number of amides is 3. The summed E-state index contributed by atoms with van der Waals surface area (Å²) < 4.78 is 5.84. The molecule has 1 aliphatic heterocycles. The Morgan fingerprint density at radius 1 is 1.03 bits per heavy atom. The predicted octanol–water partition coefficient (Wildman–Crippen LogP) is 3.92. The van der Waals surface area contributed by atoms with Gasteiger partial charge in [-0.25, -0.2) is 4.98 Å². The Bertz CT molecular complexity index is 1020. The molecule has 36 heavy (non-hydrogen) atoms. The summed E-state index contributed by atoms with van der Waals surface area (Å²) in [6.07, 6.45) is 7.36. The molecule has 2 N–H and O–H groups in total. The highest BCUT2D eigenvalue weighted by atomic mass is 16.5. The normalized spacial score (nSPS) is 18.5. The summed E-state index contributed by atoms with van der Waals surface area (Å²) in [5.41, 5.74) is 1.84. The summed E-state index contributed by atoms with van der Waals surface area (Å²) in [6.45, 7) is 2.97. The number of anilines is 1. The van der Waals surface area contributed by atoms with Gasteiger partial charge in [-0.15, -0.1) is 0 Å². The van der Waals surface area contributed by atoms with Crippen molar-refractivity contribution in [2.45, 2.75) is 76.5 Å². The molecule has 2 aromatic rings. The number of nitrogens with one attached hydrogen (secondary N) is 2. The molecule has 0 bridgehead atoms. The van der Waals surface area contributed by atoms with Gasteiger partial charge in [-0.1, -0.05) is 48.7 Å². The molecule has 1 aromatic carbocycles. The second-order valence-corrected chi connectivity index (χ2v) is 9.75. The molecular formula is C28H36N4O4. The molecule has 3 amide bonds. The zero-order valence-electron chi connectivity index (χ0n) is 20.9. The number of pyridine rings is 1. The lowest BCUT2D eigenvalue weighted by atomic mass is 10.0. The van der Waals surface area contributed by atoms with Crippen LogP contribution in [0.4, 0.5) is 5.82 Å². The van der Waals surface area contributed by atoms with Crippen molar-refractivity contribution in [3.63, 3.8) is 0 Å². The quantitative estimate of drug-likeness (QED) is 0.524. The lowest BCUT2D eigenvalue weighted by Gasteiger charge is -2.34. The first-order valence-corrected chi connectivity index (χ1v) is 13.0. The molecule has 1 aliphatic carbocycles. The summed E-state index contributed by atoms with van der Waals surface area (Å²) in [7, 11) is 0. The maximum Gasteiger partial charge on any atom is 0.247 e. The van der Waals surface area contributed by atoms with Crippen molar-refractivity contribution in [2.75, 3.05) is 18.5 Å². The van der Waals surface area contributed by atoms with Crippen molar-refractivity contribution in [1.82, 2.24) is 15.2 Å². The second kappa shape index (κ2) is 12.6. The van der Waals surface area contributed by atoms with Crippen molar-refractivity contribution in [1.29, 1.82) is 0 Å². The molecule has 0 unspecified atom stereocenters. The van der Waals surface area contributed by atoms with Crippen LogP contribution in [0.1, 0.15) is 68.5 Å². The van der Waals surface area contributed by atoms with Gasteiger partial charge in [-0.3, -0.25) is 14.4 Å². The molecule has 1 saturated carbocycles. The van der Waals surface area contributed by atoms with E-state index >= 15 is 0 Å². The van der Waals surface area contributed by atoms with E-state index in [0.29, 0.717) is 19.0 Å². The molecule has 2 aliphatic rings. The Morgan fingerprint density at radius 2 is 1.81 bits per heavy atom. The first-order chi connectivity index (χ1) is 17.5. The molecule has 1 aromatic heterocycles. The van der Waals surface area contributed by atoms with Crippen LogP contribution in [0.15, 0.2) is 48.7 Å². The number of rotatable bonds is 10. The third-order valence-corrected chi connectivity index (χ3v) is 6.90. The van der Waals surface area contributed by atoms with Crippen LogP contribution in [0.25, 0.3) is 0 Å². The van der Waals surface area contributed by atoms with Gasteiger partial charge in [0, 0.05) is 38.2 Å². The number of nitrogens with zero attached hydrogens (tertiary/aromatic N) is 2. The zero-order chi connectivity index (χ0) is 25.3. The van der Waals surface area contributed by atoms with Crippen molar-refractivity contribution in [3.8, 4) is 0 Å². The molecule has 2 fully saturated rings. The highest BCUT2D eigenvalue weighted by Crippen LogP contribution is 2.27. The van der Waals surface area contributed by atoms with E-state index in [-0.39, 0.29) is 42.7 Å². The third kappa shape index (κ3) is 7.13. The van der Waals surface area contributed by atoms with Gasteiger partial charge in [0.05, 0.1) is 6.10 Å². The van der Waals surface area contributed by atoms with Crippen LogP contribution in [-0.4, -0.2) is 52.9 Å². The standard InChI is InChI=1S/C28H36N4O4/c1-20-11-13-21(14-12-20)27(28(35)30-22-7-2-3-8-22)32(19-23-9-6-18-36-23)26(34)16-15-25(33)31-24-10-4-5-17-29-24/h4-5,10-14,17,22-23,27H,2-3,6-9,15-16,18-19H2,1H3,(H,30,35)(H,29,31,33)/t23-,27+/m0/s1. The van der Waals surface area contributed by atoms with Crippen LogP contribution in [0.2, 0.25) is 0 Å². The van der Waals surface area contributed by atoms with Crippen molar-refractivity contribution >= 4 is 23.5 Å². The minimum absolute atomic E-state index is 0.00228. The molecule has 8 heteroatoms. The van der Waals surface area contributed by atoms with Gasteiger partial charge in [0.25, 0.3) is 0 Å². The fourth-order valence-corrected chi connectivity index (χ4v) is 4.94. The first kappa shape index (κ1) is 25.8. The number of ether oxygens (including phenoxy) is 1. The van der Waals surface area contributed by atoms with E-state index in [1.165, 1.54) is 0 Å². The van der Waals surface area contributed by atoms with Gasteiger partial charge < -0.3 is 20.3 Å². The molecule has 2 atom stereocenters. The first-order valence-electron chi connectivity index (χ1n) is 13.0. The average Bonchev–Trinajstić information content (AvgIpc) is 3.58. The van der Waals surface area contributed by atoms with Crippen LogP contribution in [0, 0.1) is 6.92 Å². The lowest BCUT2D eigenvalue weighted by molar-refractivity contribution is -0.143. The number of aromatic nitrogens is 1. The summed E-state index contributed by atoms with van der Waals surface area (Å²) in [5.74, 6) is -0.259. The van der Waals surface area contributed by atoms with Gasteiger partial charge in [-0.2, -0.15) is 0 Å². The smallest absolute Gasteiger partial charge is 0.247 e. The second-order valence-electron chi connectivity index (χ2n) is 9.75. The molecule has 4 rings (SSSR count). The minimum atomic E-state index is -0.776. The van der Waals surface area contributed by atoms with Crippen LogP contribution >= 0.6 is 0 Å². The summed E-state index contributed by atoms with van der Waals surface area (Å²) >= 11 is 0. The van der Waals surface area contributed by atoms with Crippen molar-refractivity contribution in [2.24, 2.45) is 0 Å². The van der Waals surface area contributed by atoms with Crippen LogP contribution in [0.5, 0.6) is 0 Å². The molecule has 0 radical (unpaired) electrons. The van der Waals surface area contributed by atoms with E-state index in [1.807, 2.05) is 31.2 Å². The number of aryl methyl sites for hydroxylation is 1. The predicted molar refractivity (Wildman–Crippen MR) is 137 cm³/mol. The molecule has 1 saturated heterocycles. The third-order valence-electron chi connectivity index (χ3n) is 6.90.